The number of rotatable bonds is 6. The van der Waals surface area contributed by atoms with Crippen molar-refractivity contribution in [2.24, 2.45) is 9.98 Å². The first kappa shape index (κ1) is 23.4. The molecule has 34 heavy (non-hydrogen) atoms. The summed E-state index contributed by atoms with van der Waals surface area (Å²) in [7, 11) is 0. The fourth-order valence-corrected chi connectivity index (χ4v) is 4.14. The van der Waals surface area contributed by atoms with Crippen LogP contribution in [-0.2, 0) is 10.7 Å². The van der Waals surface area contributed by atoms with E-state index in [1.165, 1.54) is 12.4 Å². The molecule has 4 N–H and O–H groups in total. The molecule has 0 radical (unpaired) electrons. The topological polar surface area (TPSA) is 141 Å². The third kappa shape index (κ3) is 4.64. The van der Waals surface area contributed by atoms with Gasteiger partial charge in [-0.25, -0.2) is 18.7 Å². The highest BCUT2D eigenvalue weighted by molar-refractivity contribution is 7.13. The summed E-state index contributed by atoms with van der Waals surface area (Å²) >= 11 is 1.03. The maximum absolute atomic E-state index is 13.6. The largest absolute Gasteiger partial charge is 0.506 e. The van der Waals surface area contributed by atoms with Crippen LogP contribution >= 0.6 is 11.3 Å². The molecular formula is C21H21F2N7O3S. The molecule has 2 aromatic heterocycles. The first-order valence-corrected chi connectivity index (χ1v) is 11.0. The summed E-state index contributed by atoms with van der Waals surface area (Å²) in [6.07, 6.45) is 6.94. The van der Waals surface area contributed by atoms with Crippen LogP contribution in [0.2, 0.25) is 0 Å². The molecule has 3 unspecified atom stereocenters. The number of anilines is 1. The monoisotopic (exact) mass is 489 g/mol. The molecule has 0 fully saturated rings. The van der Waals surface area contributed by atoms with Gasteiger partial charge in [0.05, 0.1) is 35.9 Å². The molecular weight excluding hydrogens is 468 g/mol. The van der Waals surface area contributed by atoms with Crippen LogP contribution in [-0.4, -0.2) is 51.1 Å². The standard InChI is InChI=1S/C21H21F2N7O3S/c1-10(29-17(32)11-4-15-21(3,27-6-11)28-9-26-15)19-25-8-14(34-19)18(33)30-16-5-12(20(2,22)23)13(31)7-24-16/h4-10,15,31H,1-3H3,(H,26,28)(H,29,32)(H,24,30,33). The number of nitrogens with one attached hydrogen (secondary N) is 3. The second-order valence-electron chi connectivity index (χ2n) is 8.08. The van der Waals surface area contributed by atoms with Crippen LogP contribution in [0, 0.1) is 0 Å². The van der Waals surface area contributed by atoms with E-state index in [1.807, 2.05) is 6.92 Å². The average Bonchev–Trinajstić information content (AvgIpc) is 3.40. The van der Waals surface area contributed by atoms with Crippen molar-refractivity contribution in [1.29, 1.82) is 0 Å². The predicted octanol–water partition coefficient (Wildman–Crippen LogP) is 2.51. The first-order chi connectivity index (χ1) is 16.0. The minimum atomic E-state index is -3.31. The molecule has 2 amide bonds. The van der Waals surface area contributed by atoms with Gasteiger partial charge in [-0.1, -0.05) is 0 Å². The lowest BCUT2D eigenvalue weighted by molar-refractivity contribution is -0.117. The molecule has 13 heteroatoms. The molecule has 178 valence electrons. The Bertz CT molecular complexity index is 1240. The number of carbonyl (C=O) groups excluding carboxylic acids is 2. The van der Waals surface area contributed by atoms with Gasteiger partial charge in [0.2, 0.25) is 0 Å². The molecule has 0 saturated carbocycles. The fourth-order valence-electron chi connectivity index (χ4n) is 3.33. The van der Waals surface area contributed by atoms with E-state index in [0.29, 0.717) is 17.5 Å². The molecule has 2 aromatic rings. The molecule has 4 rings (SSSR count). The summed E-state index contributed by atoms with van der Waals surface area (Å²) in [5.74, 6) is -5.10. The third-order valence-corrected chi connectivity index (χ3v) is 6.48. The number of hydrogen-bond donors (Lipinski definition) is 4. The highest BCUT2D eigenvalue weighted by Gasteiger charge is 2.38. The van der Waals surface area contributed by atoms with E-state index in [1.54, 1.807) is 19.3 Å². The normalized spacial score (nSPS) is 21.9. The summed E-state index contributed by atoms with van der Waals surface area (Å²) in [4.78, 5) is 42.0. The van der Waals surface area contributed by atoms with Gasteiger partial charge < -0.3 is 21.1 Å². The molecule has 10 nitrogen and oxygen atoms in total. The summed E-state index contributed by atoms with van der Waals surface area (Å²) in [6.45, 7) is 4.22. The van der Waals surface area contributed by atoms with Crippen molar-refractivity contribution in [2.75, 3.05) is 5.32 Å². The maximum Gasteiger partial charge on any atom is 0.274 e. The van der Waals surface area contributed by atoms with E-state index in [-0.39, 0.29) is 22.6 Å². The van der Waals surface area contributed by atoms with E-state index in [9.17, 15) is 23.5 Å². The highest BCUT2D eigenvalue weighted by Crippen LogP contribution is 2.34. The molecule has 0 aliphatic carbocycles. The zero-order chi connectivity index (χ0) is 24.7. The number of alkyl halides is 2. The number of pyridine rings is 1. The molecule has 4 heterocycles. The molecule has 0 spiro atoms. The smallest absolute Gasteiger partial charge is 0.274 e. The zero-order valence-electron chi connectivity index (χ0n) is 18.3. The van der Waals surface area contributed by atoms with Crippen LogP contribution < -0.4 is 16.0 Å². The lowest BCUT2D eigenvalue weighted by atomic mass is 9.98. The van der Waals surface area contributed by atoms with Crippen LogP contribution in [0.15, 0.2) is 40.1 Å². The van der Waals surface area contributed by atoms with Crippen LogP contribution in [0.5, 0.6) is 5.75 Å². The number of aromatic nitrogens is 2. The Hall–Kier alpha value is -3.74. The third-order valence-electron chi connectivity index (χ3n) is 5.30. The van der Waals surface area contributed by atoms with Gasteiger partial charge in [-0.3, -0.25) is 19.6 Å². The van der Waals surface area contributed by atoms with Gasteiger partial charge in [0.1, 0.15) is 27.5 Å². The van der Waals surface area contributed by atoms with Crippen molar-refractivity contribution in [1.82, 2.24) is 20.6 Å². The van der Waals surface area contributed by atoms with Gasteiger partial charge in [-0.15, -0.1) is 11.3 Å². The quantitative estimate of drug-likeness (QED) is 0.491. The summed E-state index contributed by atoms with van der Waals surface area (Å²) in [5.41, 5.74) is -0.877. The number of aromatic hydroxyl groups is 1. The summed E-state index contributed by atoms with van der Waals surface area (Å²) in [5, 5.41) is 18.3. The summed E-state index contributed by atoms with van der Waals surface area (Å²) in [6, 6.07) is 0.112. The number of halogens is 2. The number of thiazole rings is 1. The Balaban J connectivity index is 1.41. The van der Waals surface area contributed by atoms with Gasteiger partial charge in [0.25, 0.3) is 17.7 Å². The van der Waals surface area contributed by atoms with Crippen LogP contribution in [0.3, 0.4) is 0 Å². The Morgan fingerprint density at radius 1 is 1.29 bits per heavy atom. The van der Waals surface area contributed by atoms with Gasteiger partial charge in [0.15, 0.2) is 5.66 Å². The fraction of sp³-hybridized carbons (Fsp3) is 0.333. The van der Waals surface area contributed by atoms with E-state index in [0.717, 1.165) is 23.6 Å². The van der Waals surface area contributed by atoms with E-state index < -0.39 is 34.8 Å². The number of hydrogen-bond acceptors (Lipinski definition) is 9. The molecule has 0 bridgehead atoms. The maximum atomic E-state index is 13.6. The average molecular weight is 490 g/mol. The Morgan fingerprint density at radius 3 is 2.79 bits per heavy atom. The SMILES string of the molecule is CC(NC(=O)C1=CC2N=CNC2(C)N=C1)c1ncc(C(=O)Nc2cc(C(C)(F)F)c(O)cn2)s1. The first-order valence-electron chi connectivity index (χ1n) is 10.2. The Labute approximate surface area is 196 Å². The minimum absolute atomic E-state index is 0.143. The molecule has 0 aromatic carbocycles. The van der Waals surface area contributed by atoms with E-state index in [2.05, 4.69) is 35.9 Å². The Morgan fingerprint density at radius 2 is 2.06 bits per heavy atom. The second-order valence-corrected chi connectivity index (χ2v) is 9.14. The number of carbonyl (C=O) groups is 2. The van der Waals surface area contributed by atoms with Gasteiger partial charge in [-0.05, 0) is 26.0 Å². The number of fused-ring (bicyclic) bond motifs is 1. The number of dihydropyridines is 1. The number of amides is 2. The van der Waals surface area contributed by atoms with Gasteiger partial charge in [0, 0.05) is 13.1 Å². The second kappa shape index (κ2) is 8.56. The Kier molecular flexibility index (Phi) is 5.89. The van der Waals surface area contributed by atoms with Crippen molar-refractivity contribution in [2.45, 2.75) is 44.4 Å². The van der Waals surface area contributed by atoms with Gasteiger partial charge in [-0.2, -0.15) is 0 Å². The number of aliphatic imine (C=N–C) groups is 2. The molecule has 2 aliphatic rings. The highest BCUT2D eigenvalue weighted by atomic mass is 32.1. The van der Waals surface area contributed by atoms with Crippen LogP contribution in [0.25, 0.3) is 0 Å². The van der Waals surface area contributed by atoms with E-state index >= 15 is 0 Å². The minimum Gasteiger partial charge on any atom is -0.506 e. The predicted molar refractivity (Wildman–Crippen MR) is 122 cm³/mol. The molecule has 3 atom stereocenters. The zero-order valence-corrected chi connectivity index (χ0v) is 19.2. The van der Waals surface area contributed by atoms with Crippen molar-refractivity contribution in [3.63, 3.8) is 0 Å². The van der Waals surface area contributed by atoms with Crippen molar-refractivity contribution in [3.05, 3.63) is 45.6 Å². The summed E-state index contributed by atoms with van der Waals surface area (Å²) < 4.78 is 27.2. The van der Waals surface area contributed by atoms with Crippen molar-refractivity contribution in [3.8, 4) is 5.75 Å². The molecule has 0 saturated heterocycles. The lowest BCUT2D eigenvalue weighted by Crippen LogP contribution is -2.46. The van der Waals surface area contributed by atoms with Crippen molar-refractivity contribution < 1.29 is 23.5 Å². The van der Waals surface area contributed by atoms with E-state index in [4.69, 9.17) is 0 Å². The van der Waals surface area contributed by atoms with Crippen molar-refractivity contribution >= 4 is 41.5 Å². The van der Waals surface area contributed by atoms with Gasteiger partial charge >= 0.3 is 0 Å². The lowest BCUT2D eigenvalue weighted by Gasteiger charge is -2.27. The molecule has 2 aliphatic heterocycles. The van der Waals surface area contributed by atoms with Crippen LogP contribution in [0.1, 0.15) is 47.1 Å². The number of nitrogens with zero attached hydrogens (tertiary/aromatic N) is 4. The van der Waals surface area contributed by atoms with Crippen LogP contribution in [0.4, 0.5) is 14.6 Å².